The number of nitrogens with zero attached hydrogens (tertiary/aromatic N) is 4. The fourth-order valence-electron chi connectivity index (χ4n) is 13.0. The number of hydrogen-bond donors (Lipinski definition) is 4. The lowest BCUT2D eigenvalue weighted by Gasteiger charge is -2.56. The van der Waals surface area contributed by atoms with E-state index in [-0.39, 0.29) is 58.4 Å². The smallest absolute Gasteiger partial charge is 0.297 e. The highest BCUT2D eigenvalue weighted by molar-refractivity contribution is 7.90. The number of anilines is 2. The predicted molar refractivity (Wildman–Crippen MR) is 279 cm³/mol. The summed E-state index contributed by atoms with van der Waals surface area (Å²) >= 11 is 0. The van der Waals surface area contributed by atoms with Gasteiger partial charge in [-0.05, 0) is 149 Å². The number of sulfonamides is 1. The molecule has 16 nitrogen and oxygen atoms in total. The van der Waals surface area contributed by atoms with Crippen LogP contribution in [-0.2, 0) is 10.0 Å². The zero-order valence-corrected chi connectivity index (χ0v) is 43.1. The van der Waals surface area contributed by atoms with Crippen LogP contribution in [0, 0.1) is 27.4 Å². The number of nitro benzene ring substituents is 1. The third-order valence-electron chi connectivity index (χ3n) is 17.3. The SMILES string of the molecule is CC(C)c1ccccc1[C@@H]1CCCN1C1CC2(CCN(c3ccc(C(=O)NS(=O)(=O)c4cc5c(c([N+](=O)[O-])c4)N[C@@H]([C@H]4CC[C@](C)(O)CC4)CO5)c(Oc4cc5cc[nH]c5nc4OCC4CCCC4)c3)CC2)C1. The van der Waals surface area contributed by atoms with Crippen LogP contribution >= 0.6 is 0 Å². The number of aliphatic hydroxyl groups is 1. The summed E-state index contributed by atoms with van der Waals surface area (Å²) < 4.78 is 49.7. The van der Waals surface area contributed by atoms with Gasteiger partial charge in [-0.25, -0.2) is 13.1 Å². The average molecular weight is 1020 g/mol. The number of likely N-dealkylation sites (tertiary alicyclic amines) is 1. The number of pyridine rings is 1. The summed E-state index contributed by atoms with van der Waals surface area (Å²) in [7, 11) is -4.71. The van der Waals surface area contributed by atoms with Crippen LogP contribution in [0.5, 0.6) is 23.1 Å². The number of nitrogens with one attached hydrogen (secondary N) is 3. The number of hydrogen-bond acceptors (Lipinski definition) is 13. The summed E-state index contributed by atoms with van der Waals surface area (Å²) in [6, 6.07) is 20.8. The Bertz CT molecular complexity index is 2980. The number of benzene rings is 3. The molecule has 17 heteroatoms. The fourth-order valence-corrected chi connectivity index (χ4v) is 14.0. The van der Waals surface area contributed by atoms with E-state index >= 15 is 0 Å². The summed E-state index contributed by atoms with van der Waals surface area (Å²) in [5, 5.41) is 27.1. The van der Waals surface area contributed by atoms with Crippen LogP contribution < -0.4 is 29.1 Å². The van der Waals surface area contributed by atoms with Crippen molar-refractivity contribution < 1.29 is 37.5 Å². The number of ether oxygens (including phenoxy) is 3. The van der Waals surface area contributed by atoms with E-state index in [0.717, 1.165) is 75.3 Å². The summed E-state index contributed by atoms with van der Waals surface area (Å²) in [6.07, 6.45) is 15.7. The van der Waals surface area contributed by atoms with Gasteiger partial charge in [0.15, 0.2) is 17.2 Å². The minimum Gasteiger partial charge on any atom is -0.489 e. The lowest BCUT2D eigenvalue weighted by molar-refractivity contribution is -0.384. The largest absolute Gasteiger partial charge is 0.489 e. The molecular formula is C56H69N7O9S. The normalized spacial score (nSPS) is 24.5. The Morgan fingerprint density at radius 1 is 0.959 bits per heavy atom. The second-order valence-corrected chi connectivity index (χ2v) is 24.3. The number of amides is 1. The Labute approximate surface area is 427 Å². The van der Waals surface area contributed by atoms with Crippen molar-refractivity contribution in [1.29, 1.82) is 0 Å². The van der Waals surface area contributed by atoms with Crippen molar-refractivity contribution >= 4 is 44.0 Å². The van der Waals surface area contributed by atoms with Crippen molar-refractivity contribution in [3.8, 4) is 23.1 Å². The van der Waals surface area contributed by atoms with E-state index in [1.54, 1.807) is 24.4 Å². The topological polar surface area (TPSA) is 201 Å². The van der Waals surface area contributed by atoms with Crippen LogP contribution in [0.1, 0.15) is 144 Å². The molecule has 1 amide bonds. The molecule has 2 aromatic heterocycles. The van der Waals surface area contributed by atoms with Crippen molar-refractivity contribution in [1.82, 2.24) is 19.6 Å². The molecule has 11 rings (SSSR count). The van der Waals surface area contributed by atoms with E-state index in [1.807, 2.05) is 19.1 Å². The molecule has 3 aliphatic carbocycles. The monoisotopic (exact) mass is 1020 g/mol. The van der Waals surface area contributed by atoms with Gasteiger partial charge in [-0.1, -0.05) is 51.0 Å². The van der Waals surface area contributed by atoms with E-state index < -0.39 is 37.0 Å². The van der Waals surface area contributed by atoms with Gasteiger partial charge in [0.2, 0.25) is 0 Å². The molecule has 5 aromatic rings. The lowest BCUT2D eigenvalue weighted by atomic mass is 9.59. The fraction of sp³-hybridized carbons (Fsp3) is 0.536. The van der Waals surface area contributed by atoms with E-state index in [9.17, 15) is 28.4 Å². The highest BCUT2D eigenvalue weighted by atomic mass is 32.2. The van der Waals surface area contributed by atoms with Gasteiger partial charge >= 0.3 is 0 Å². The minimum atomic E-state index is -4.71. The quantitative estimate of drug-likeness (QED) is 0.0605. The molecule has 0 radical (unpaired) electrons. The number of aromatic amines is 1. The van der Waals surface area contributed by atoms with Crippen molar-refractivity contribution in [2.24, 2.45) is 17.3 Å². The maximum atomic E-state index is 14.5. The molecule has 0 bridgehead atoms. The van der Waals surface area contributed by atoms with Gasteiger partial charge in [0.25, 0.3) is 27.5 Å². The Hall–Kier alpha value is -5.91. The number of carbonyl (C=O) groups excluding carboxylic acids is 1. The van der Waals surface area contributed by atoms with Crippen molar-refractivity contribution in [2.45, 2.75) is 145 Å². The lowest BCUT2D eigenvalue weighted by Crippen LogP contribution is -2.54. The number of fused-ring (bicyclic) bond motifs is 2. The molecule has 4 N–H and O–H groups in total. The maximum absolute atomic E-state index is 14.5. The summed E-state index contributed by atoms with van der Waals surface area (Å²) in [5.41, 5.74) is 3.45. The van der Waals surface area contributed by atoms with Gasteiger partial charge < -0.3 is 34.5 Å². The van der Waals surface area contributed by atoms with E-state index in [4.69, 9.17) is 19.2 Å². The van der Waals surface area contributed by atoms with Crippen LogP contribution in [0.25, 0.3) is 11.0 Å². The Morgan fingerprint density at radius 3 is 2.48 bits per heavy atom. The van der Waals surface area contributed by atoms with Gasteiger partial charge in [0.1, 0.15) is 18.0 Å². The van der Waals surface area contributed by atoms with E-state index in [2.05, 4.69) is 62.9 Å². The molecular weight excluding hydrogens is 947 g/mol. The average Bonchev–Trinajstić information content (AvgIpc) is 4.18. The number of H-pyrrole nitrogens is 1. The predicted octanol–water partition coefficient (Wildman–Crippen LogP) is 10.8. The zero-order valence-electron chi connectivity index (χ0n) is 42.2. The van der Waals surface area contributed by atoms with Crippen molar-refractivity contribution in [3.05, 3.63) is 99.7 Å². The van der Waals surface area contributed by atoms with Crippen LogP contribution in [-0.4, -0.2) is 89.8 Å². The molecule has 2 atom stereocenters. The van der Waals surface area contributed by atoms with Gasteiger partial charge in [-0.2, -0.15) is 4.98 Å². The molecule has 0 unspecified atom stereocenters. The Kier molecular flexibility index (Phi) is 13.3. The number of carbonyl (C=O) groups is 1. The molecule has 2 saturated heterocycles. The first-order valence-corrected chi connectivity index (χ1v) is 28.1. The first-order valence-electron chi connectivity index (χ1n) is 26.6. The van der Waals surface area contributed by atoms with Crippen molar-refractivity contribution in [3.63, 3.8) is 0 Å². The second kappa shape index (κ2) is 19.7. The highest BCUT2D eigenvalue weighted by Gasteiger charge is 2.50. The van der Waals surface area contributed by atoms with Crippen LogP contribution in [0.4, 0.5) is 17.1 Å². The van der Waals surface area contributed by atoms with Crippen LogP contribution in [0.2, 0.25) is 0 Å². The van der Waals surface area contributed by atoms with Gasteiger partial charge in [0, 0.05) is 60.6 Å². The third kappa shape index (κ3) is 10.1. The summed E-state index contributed by atoms with van der Waals surface area (Å²) in [5.74, 6) is 0.630. The standard InChI is InChI=1S/C56H69N7O9S/c1-35(2)42-11-6-7-12-43(42)46-13-8-24-62(46)40-31-56(32-40)21-25-61(26-22-56)39-14-15-44(48(28-39)72-50-27-38-18-23-57-52(38)59-54(50)71-33-36-9-4-5-10-36)53(64)60-73(68,69)41-29-47(63(66)67)51-49(30-41)70-34-45(58-51)37-16-19-55(3,65)20-17-37/h6-7,11-12,14-15,18,23,27-30,35-37,40,45-46,58,65H,4-5,8-10,13,16-17,19-22,24-26,31-34H2,1-3H3,(H,57,59)(H,60,64)/t37-,45-,46+,55-/m1/s1. The number of nitro groups is 1. The molecule has 3 aromatic carbocycles. The number of piperidine rings is 1. The molecule has 3 saturated carbocycles. The minimum absolute atomic E-state index is 0.000577. The van der Waals surface area contributed by atoms with Gasteiger partial charge in [0.05, 0.1) is 33.6 Å². The molecule has 5 fully saturated rings. The van der Waals surface area contributed by atoms with Crippen molar-refractivity contribution in [2.75, 3.05) is 43.1 Å². The first kappa shape index (κ1) is 49.3. The number of aromatic nitrogens is 2. The molecule has 73 heavy (non-hydrogen) atoms. The van der Waals surface area contributed by atoms with Gasteiger partial charge in [-0.3, -0.25) is 19.8 Å². The molecule has 6 aliphatic rings. The number of rotatable bonds is 14. The molecule has 3 aliphatic heterocycles. The Balaban J connectivity index is 0.841. The molecule has 5 heterocycles. The summed E-state index contributed by atoms with van der Waals surface area (Å²) in [4.78, 5) is 38.9. The van der Waals surface area contributed by atoms with Crippen LogP contribution in [0.15, 0.2) is 77.8 Å². The third-order valence-corrected chi connectivity index (χ3v) is 18.6. The first-order chi connectivity index (χ1) is 35.1. The Morgan fingerprint density at radius 2 is 1.73 bits per heavy atom. The maximum Gasteiger partial charge on any atom is 0.297 e. The highest BCUT2D eigenvalue weighted by Crippen LogP contribution is 2.55. The van der Waals surface area contributed by atoms with E-state index in [1.165, 1.54) is 42.9 Å². The second-order valence-electron chi connectivity index (χ2n) is 22.6. The van der Waals surface area contributed by atoms with Crippen LogP contribution in [0.3, 0.4) is 0 Å². The van der Waals surface area contributed by atoms with E-state index in [0.29, 0.717) is 61.9 Å². The summed E-state index contributed by atoms with van der Waals surface area (Å²) in [6.45, 7) is 9.77. The zero-order chi connectivity index (χ0) is 50.6. The molecule has 388 valence electrons. The molecule has 1 spiro atoms. The van der Waals surface area contributed by atoms with Gasteiger partial charge in [-0.15, -0.1) is 0 Å².